The monoisotopic (exact) mass is 419 g/mol. The summed E-state index contributed by atoms with van der Waals surface area (Å²) in [5, 5.41) is 28.4. The second-order valence-corrected chi connectivity index (χ2v) is 7.20. The van der Waals surface area contributed by atoms with Gasteiger partial charge in [-0.05, 0) is 37.0 Å². The Hall–Kier alpha value is -4.13. The van der Waals surface area contributed by atoms with Crippen molar-refractivity contribution in [2.24, 2.45) is 0 Å². The van der Waals surface area contributed by atoms with Crippen LogP contribution in [-0.4, -0.2) is 56.0 Å². The second-order valence-electron chi connectivity index (χ2n) is 7.20. The maximum atomic E-state index is 11.4. The molecule has 1 atom stereocenters. The number of carboxylic acid groups (broad SMARTS) is 1. The predicted octanol–water partition coefficient (Wildman–Crippen LogP) is 3.18. The number of rotatable bonds is 6. The number of carbonyl (C=O) groups is 1. The lowest BCUT2D eigenvalue weighted by molar-refractivity contribution is 0.140. The molecule has 31 heavy (non-hydrogen) atoms. The fourth-order valence-electron chi connectivity index (χ4n) is 3.76. The Balaban J connectivity index is 1.50. The highest BCUT2D eigenvalue weighted by molar-refractivity contribution is 5.71. The lowest BCUT2D eigenvalue weighted by Crippen LogP contribution is -2.35. The summed E-state index contributed by atoms with van der Waals surface area (Å²) in [6.07, 6.45) is 4.38. The van der Waals surface area contributed by atoms with Gasteiger partial charge in [-0.3, -0.25) is 5.10 Å². The Kier molecular flexibility index (Phi) is 5.66. The van der Waals surface area contributed by atoms with Gasteiger partial charge in [0.05, 0.1) is 25.2 Å². The van der Waals surface area contributed by atoms with Crippen LogP contribution in [0.4, 0.5) is 16.4 Å². The first-order valence-electron chi connectivity index (χ1n) is 9.79. The van der Waals surface area contributed by atoms with Crippen LogP contribution in [0.3, 0.4) is 0 Å². The Bertz CT molecular complexity index is 1120. The molecule has 0 spiro atoms. The van der Waals surface area contributed by atoms with Crippen LogP contribution in [0.1, 0.15) is 24.1 Å². The number of aromatic amines is 1. The molecule has 1 aliphatic rings. The number of anilines is 2. The molecule has 4 rings (SSSR count). The van der Waals surface area contributed by atoms with Crippen molar-refractivity contribution in [3.05, 3.63) is 47.9 Å². The molecule has 0 bridgehead atoms. The molecule has 158 valence electrons. The van der Waals surface area contributed by atoms with E-state index in [1.54, 1.807) is 7.11 Å². The Morgan fingerprint density at radius 3 is 2.94 bits per heavy atom. The van der Waals surface area contributed by atoms with Crippen molar-refractivity contribution >= 4 is 17.7 Å². The maximum Gasteiger partial charge on any atom is 0.407 e. The highest BCUT2D eigenvalue weighted by atomic mass is 16.5. The van der Waals surface area contributed by atoms with Crippen molar-refractivity contribution in [3.8, 4) is 23.1 Å². The molecule has 1 aromatic carbocycles. The lowest BCUT2D eigenvalue weighted by Gasteiger charge is -2.22. The van der Waals surface area contributed by atoms with Crippen molar-refractivity contribution in [2.75, 3.05) is 19.0 Å². The van der Waals surface area contributed by atoms with Gasteiger partial charge in [-0.25, -0.2) is 14.8 Å². The zero-order valence-electron chi connectivity index (χ0n) is 16.9. The summed E-state index contributed by atoms with van der Waals surface area (Å²) in [7, 11) is 1.60. The fraction of sp³-hybridized carbons (Fsp3) is 0.286. The van der Waals surface area contributed by atoms with Gasteiger partial charge in [-0.15, -0.1) is 0 Å². The normalized spacial score (nSPS) is 15.5. The first-order chi connectivity index (χ1) is 15.1. The molecule has 3 aromatic rings. The number of amides is 1. The van der Waals surface area contributed by atoms with E-state index in [2.05, 4.69) is 25.5 Å². The number of hydrogen-bond donors (Lipinski definition) is 3. The van der Waals surface area contributed by atoms with Crippen molar-refractivity contribution in [1.29, 1.82) is 5.26 Å². The third kappa shape index (κ3) is 4.40. The first-order valence-corrected chi connectivity index (χ1v) is 9.79. The number of H-pyrrole nitrogens is 1. The van der Waals surface area contributed by atoms with Gasteiger partial charge < -0.3 is 20.1 Å². The van der Waals surface area contributed by atoms with Crippen LogP contribution in [0.15, 0.2) is 36.7 Å². The van der Waals surface area contributed by atoms with E-state index >= 15 is 0 Å². The van der Waals surface area contributed by atoms with E-state index in [1.807, 2.05) is 30.3 Å². The van der Waals surface area contributed by atoms with Gasteiger partial charge in [0.2, 0.25) is 0 Å². The van der Waals surface area contributed by atoms with Crippen molar-refractivity contribution in [3.63, 3.8) is 0 Å². The number of nitrogens with one attached hydrogen (secondary N) is 2. The van der Waals surface area contributed by atoms with Crippen LogP contribution in [0, 0.1) is 11.3 Å². The standard InChI is InChI=1S/C21H21N7O3/c1-31-18-8-13(7-15-3-2-6-28(15)21(29)30)4-5-16(18)17-9-19(27-26-17)25-20-12-23-14(10-22)11-24-20/h4-5,8-9,11-12,15H,2-3,6-7H2,1H3,(H,29,30)(H2,24,25,26,27)/t15-/m1/s1. The molecular weight excluding hydrogens is 398 g/mol. The van der Waals surface area contributed by atoms with E-state index in [-0.39, 0.29) is 11.7 Å². The van der Waals surface area contributed by atoms with Gasteiger partial charge in [-0.1, -0.05) is 6.07 Å². The number of hydrogen-bond acceptors (Lipinski definition) is 7. The Morgan fingerprint density at radius 2 is 2.23 bits per heavy atom. The van der Waals surface area contributed by atoms with Crippen LogP contribution in [0.2, 0.25) is 0 Å². The minimum absolute atomic E-state index is 0.00968. The minimum atomic E-state index is -0.865. The largest absolute Gasteiger partial charge is 0.496 e. The Labute approximate surface area is 178 Å². The maximum absolute atomic E-state index is 11.4. The van der Waals surface area contributed by atoms with E-state index in [4.69, 9.17) is 10.00 Å². The third-order valence-electron chi connectivity index (χ3n) is 5.25. The van der Waals surface area contributed by atoms with Gasteiger partial charge in [-0.2, -0.15) is 10.4 Å². The first kappa shape index (κ1) is 20.2. The molecule has 3 N–H and O–H groups in total. The molecule has 10 heteroatoms. The van der Waals surface area contributed by atoms with Crippen molar-refractivity contribution in [2.45, 2.75) is 25.3 Å². The third-order valence-corrected chi connectivity index (χ3v) is 5.25. The van der Waals surface area contributed by atoms with Crippen LogP contribution in [0.25, 0.3) is 11.3 Å². The molecule has 1 fully saturated rings. The summed E-state index contributed by atoms with van der Waals surface area (Å²) in [6.45, 7) is 0.586. The summed E-state index contributed by atoms with van der Waals surface area (Å²) in [5.41, 5.74) is 2.84. The summed E-state index contributed by atoms with van der Waals surface area (Å²) in [5.74, 6) is 1.69. The van der Waals surface area contributed by atoms with Crippen LogP contribution in [0.5, 0.6) is 5.75 Å². The van der Waals surface area contributed by atoms with Gasteiger partial charge in [0.25, 0.3) is 0 Å². The number of nitriles is 1. The lowest BCUT2D eigenvalue weighted by atomic mass is 10.0. The van der Waals surface area contributed by atoms with E-state index in [0.717, 1.165) is 29.7 Å². The molecular formula is C21H21N7O3. The van der Waals surface area contributed by atoms with Gasteiger partial charge >= 0.3 is 6.09 Å². The molecule has 1 saturated heterocycles. The summed E-state index contributed by atoms with van der Waals surface area (Å²) >= 11 is 0. The molecule has 3 heterocycles. The van der Waals surface area contributed by atoms with E-state index in [0.29, 0.717) is 30.4 Å². The van der Waals surface area contributed by atoms with Crippen LogP contribution >= 0.6 is 0 Å². The summed E-state index contributed by atoms with van der Waals surface area (Å²) < 4.78 is 5.58. The average molecular weight is 419 g/mol. The molecule has 0 saturated carbocycles. The number of methoxy groups -OCH3 is 1. The molecule has 2 aromatic heterocycles. The zero-order valence-corrected chi connectivity index (χ0v) is 16.9. The number of likely N-dealkylation sites (tertiary alicyclic amines) is 1. The quantitative estimate of drug-likeness (QED) is 0.553. The average Bonchev–Trinajstić information content (AvgIpc) is 3.44. The molecule has 10 nitrogen and oxygen atoms in total. The molecule has 1 aliphatic heterocycles. The number of aromatic nitrogens is 4. The molecule has 0 aliphatic carbocycles. The fourth-order valence-corrected chi connectivity index (χ4v) is 3.76. The smallest absolute Gasteiger partial charge is 0.407 e. The summed E-state index contributed by atoms with van der Waals surface area (Å²) in [6, 6.07) is 9.59. The van der Waals surface area contributed by atoms with E-state index in [9.17, 15) is 9.90 Å². The molecule has 1 amide bonds. The highest BCUT2D eigenvalue weighted by Gasteiger charge is 2.28. The number of ether oxygens (including phenoxy) is 1. The van der Waals surface area contributed by atoms with E-state index < -0.39 is 6.09 Å². The van der Waals surface area contributed by atoms with Crippen molar-refractivity contribution < 1.29 is 14.6 Å². The molecule has 0 radical (unpaired) electrons. The zero-order chi connectivity index (χ0) is 21.8. The van der Waals surface area contributed by atoms with Crippen molar-refractivity contribution in [1.82, 2.24) is 25.1 Å². The summed E-state index contributed by atoms with van der Waals surface area (Å²) in [4.78, 5) is 21.0. The van der Waals surface area contributed by atoms with Crippen LogP contribution < -0.4 is 10.1 Å². The number of benzene rings is 1. The van der Waals surface area contributed by atoms with Gasteiger partial charge in [0, 0.05) is 24.2 Å². The number of nitrogens with zero attached hydrogens (tertiary/aromatic N) is 5. The van der Waals surface area contributed by atoms with E-state index in [1.165, 1.54) is 17.3 Å². The SMILES string of the molecule is COc1cc(C[C@H]2CCCN2C(=O)O)ccc1-c1cc(Nc2cnc(C#N)cn2)n[nH]1. The highest BCUT2D eigenvalue weighted by Crippen LogP contribution is 2.32. The minimum Gasteiger partial charge on any atom is -0.496 e. The second kappa shape index (κ2) is 8.71. The topological polar surface area (TPSA) is 140 Å². The van der Waals surface area contributed by atoms with Gasteiger partial charge in [0.1, 0.15) is 17.6 Å². The Morgan fingerprint density at radius 1 is 1.35 bits per heavy atom. The van der Waals surface area contributed by atoms with Gasteiger partial charge in [0.15, 0.2) is 11.5 Å². The molecule has 0 unspecified atom stereocenters. The van der Waals surface area contributed by atoms with Crippen LogP contribution in [-0.2, 0) is 6.42 Å². The predicted molar refractivity (Wildman–Crippen MR) is 112 cm³/mol.